The van der Waals surface area contributed by atoms with E-state index in [2.05, 4.69) is 21.3 Å². The molecule has 0 bridgehead atoms. The van der Waals surface area contributed by atoms with E-state index < -0.39 is 47.3 Å². The van der Waals surface area contributed by atoms with Crippen LogP contribution in [0.2, 0.25) is 0 Å². The van der Waals surface area contributed by atoms with Gasteiger partial charge < -0.3 is 36.6 Å². The van der Waals surface area contributed by atoms with Crippen LogP contribution in [0.25, 0.3) is 11.1 Å². The molecule has 0 aromatic heterocycles. The van der Waals surface area contributed by atoms with E-state index in [1.54, 1.807) is 0 Å². The van der Waals surface area contributed by atoms with Gasteiger partial charge >= 0.3 is 0 Å². The van der Waals surface area contributed by atoms with Gasteiger partial charge in [-0.15, -0.1) is 0 Å². The standard InChI is InChI=1S/C38H52N6O7/c1-24-18-31-36(49)41-28(19-25-10-12-27(13-11-25)26-8-6-5-7-9-26)20-29(45)14-15-32(46)42-30(21-39)35(48)40-16-17-51-23-33(47)43-34(38(2,3)4)37(50)44(31)22-24/h5-13,24,28,30-31,34H,14-23,39H2,1-4H3,(H,40,48)(H,41,49)(H,42,46)(H,43,47)/t24-,28-,30-,31+,34-/m1/s1. The SMILES string of the molecule is C[C@@H]1C[C@H]2C(=O)N[C@H](Cc3ccc(-c4ccccc4)cc3)CC(=O)CCC(=O)N[C@H](CN)C(=O)NCCOCC(=O)N[C@@H](C(C)(C)C)C(=O)N2C1. The van der Waals surface area contributed by atoms with Crippen LogP contribution in [-0.2, 0) is 39.9 Å². The summed E-state index contributed by atoms with van der Waals surface area (Å²) in [6, 6.07) is 14.4. The number of hydrogen-bond acceptors (Lipinski definition) is 8. The number of fused-ring (bicyclic) bond motifs is 1. The molecule has 2 aliphatic rings. The van der Waals surface area contributed by atoms with Gasteiger partial charge in [0.25, 0.3) is 0 Å². The van der Waals surface area contributed by atoms with Gasteiger partial charge in [-0.2, -0.15) is 0 Å². The Kier molecular flexibility index (Phi) is 13.9. The van der Waals surface area contributed by atoms with Gasteiger partial charge in [-0.1, -0.05) is 82.3 Å². The van der Waals surface area contributed by atoms with Crippen molar-refractivity contribution < 1.29 is 33.5 Å². The minimum Gasteiger partial charge on any atom is -0.370 e. The van der Waals surface area contributed by atoms with Gasteiger partial charge in [0, 0.05) is 44.9 Å². The molecule has 51 heavy (non-hydrogen) atoms. The first-order valence-electron chi connectivity index (χ1n) is 17.7. The smallest absolute Gasteiger partial charge is 0.246 e. The first-order valence-corrected chi connectivity index (χ1v) is 17.7. The molecular weight excluding hydrogens is 652 g/mol. The number of nitrogens with one attached hydrogen (secondary N) is 4. The predicted octanol–water partition coefficient (Wildman–Crippen LogP) is 1.48. The van der Waals surface area contributed by atoms with E-state index >= 15 is 0 Å². The molecule has 5 atom stereocenters. The Morgan fingerprint density at radius 1 is 0.843 bits per heavy atom. The summed E-state index contributed by atoms with van der Waals surface area (Å²) in [7, 11) is 0. The van der Waals surface area contributed by atoms with Crippen molar-refractivity contribution in [1.82, 2.24) is 26.2 Å². The van der Waals surface area contributed by atoms with Crippen LogP contribution in [0.15, 0.2) is 54.6 Å². The van der Waals surface area contributed by atoms with Crippen LogP contribution < -0.4 is 27.0 Å². The van der Waals surface area contributed by atoms with E-state index in [4.69, 9.17) is 10.5 Å². The summed E-state index contributed by atoms with van der Waals surface area (Å²) in [5.41, 5.74) is 8.03. The minimum atomic E-state index is -1.02. The van der Waals surface area contributed by atoms with Crippen molar-refractivity contribution in [3.8, 4) is 11.1 Å². The Hall–Kier alpha value is -4.62. The van der Waals surface area contributed by atoms with Crippen LogP contribution in [0, 0.1) is 11.3 Å². The third kappa shape index (κ3) is 11.4. The normalized spacial score (nSPS) is 25.4. The Morgan fingerprint density at radius 3 is 2.20 bits per heavy atom. The predicted molar refractivity (Wildman–Crippen MR) is 192 cm³/mol. The van der Waals surface area contributed by atoms with E-state index in [0.717, 1.165) is 16.7 Å². The van der Waals surface area contributed by atoms with Crippen molar-refractivity contribution in [3.05, 3.63) is 60.2 Å². The summed E-state index contributed by atoms with van der Waals surface area (Å²) < 4.78 is 5.44. The summed E-state index contributed by atoms with van der Waals surface area (Å²) in [5.74, 6) is -2.54. The number of hydrogen-bond donors (Lipinski definition) is 5. The number of ketones is 1. The third-order valence-electron chi connectivity index (χ3n) is 9.17. The molecule has 4 rings (SSSR count). The molecule has 2 aromatic carbocycles. The minimum absolute atomic E-state index is 0.00273. The fourth-order valence-corrected chi connectivity index (χ4v) is 6.44. The van der Waals surface area contributed by atoms with Crippen LogP contribution in [0.5, 0.6) is 0 Å². The zero-order valence-corrected chi connectivity index (χ0v) is 30.0. The van der Waals surface area contributed by atoms with Crippen molar-refractivity contribution in [2.75, 3.05) is 32.8 Å². The monoisotopic (exact) mass is 704 g/mol. The van der Waals surface area contributed by atoms with Crippen LogP contribution in [0.1, 0.15) is 58.9 Å². The number of rotatable bonds is 4. The Bertz CT molecular complexity index is 1540. The van der Waals surface area contributed by atoms with Gasteiger partial charge in [0.15, 0.2) is 0 Å². The highest BCUT2D eigenvalue weighted by Crippen LogP contribution is 2.29. The Balaban J connectivity index is 1.59. The van der Waals surface area contributed by atoms with Gasteiger partial charge in [0.2, 0.25) is 29.5 Å². The van der Waals surface area contributed by atoms with E-state index in [0.29, 0.717) is 19.4 Å². The molecule has 2 saturated heterocycles. The topological polar surface area (TPSA) is 189 Å². The molecule has 13 nitrogen and oxygen atoms in total. The highest BCUT2D eigenvalue weighted by atomic mass is 16.5. The number of carbonyl (C=O) groups excluding carboxylic acids is 6. The molecule has 6 N–H and O–H groups in total. The summed E-state index contributed by atoms with van der Waals surface area (Å²) in [4.78, 5) is 81.2. The van der Waals surface area contributed by atoms with Gasteiger partial charge in [0.1, 0.15) is 30.5 Å². The molecule has 0 aliphatic carbocycles. The van der Waals surface area contributed by atoms with Crippen molar-refractivity contribution in [3.63, 3.8) is 0 Å². The molecule has 2 aliphatic heterocycles. The lowest BCUT2D eigenvalue weighted by Crippen LogP contribution is -2.58. The summed E-state index contributed by atoms with van der Waals surface area (Å²) in [6.07, 6.45) is 0.453. The molecular formula is C38H52N6O7. The van der Waals surface area contributed by atoms with Crippen LogP contribution >= 0.6 is 0 Å². The van der Waals surface area contributed by atoms with E-state index in [-0.39, 0.29) is 69.1 Å². The summed E-state index contributed by atoms with van der Waals surface area (Å²) in [5, 5.41) is 11.0. The highest BCUT2D eigenvalue weighted by Gasteiger charge is 2.44. The maximum absolute atomic E-state index is 14.1. The second kappa shape index (κ2) is 18.0. The molecule has 0 radical (unpaired) electrons. The molecule has 2 aromatic rings. The number of amides is 5. The van der Waals surface area contributed by atoms with E-state index in [1.807, 2.05) is 82.3 Å². The number of benzene rings is 2. The fraction of sp³-hybridized carbons (Fsp3) is 0.526. The maximum Gasteiger partial charge on any atom is 0.246 e. The van der Waals surface area contributed by atoms with E-state index in [1.165, 1.54) is 4.90 Å². The van der Waals surface area contributed by atoms with Gasteiger partial charge in [0.05, 0.1) is 6.61 Å². The zero-order valence-electron chi connectivity index (χ0n) is 30.0. The number of Topliss-reactive ketones (excluding diaryl/α,β-unsaturated/α-hetero) is 1. The zero-order chi connectivity index (χ0) is 37.1. The molecule has 5 amide bonds. The summed E-state index contributed by atoms with van der Waals surface area (Å²) in [6.45, 7) is 7.34. The quantitative estimate of drug-likeness (QED) is 0.316. The average molecular weight is 705 g/mol. The number of carbonyl (C=O) groups is 6. The van der Waals surface area contributed by atoms with Gasteiger partial charge in [-0.25, -0.2) is 0 Å². The largest absolute Gasteiger partial charge is 0.370 e. The molecule has 276 valence electrons. The second-order valence-corrected chi connectivity index (χ2v) is 14.6. The Labute approximate surface area is 299 Å². The molecule has 2 fully saturated rings. The number of ether oxygens (including phenoxy) is 1. The first-order chi connectivity index (χ1) is 24.2. The van der Waals surface area contributed by atoms with Crippen LogP contribution in [0.4, 0.5) is 0 Å². The molecule has 0 spiro atoms. The molecule has 2 heterocycles. The number of nitrogens with zero attached hydrogens (tertiary/aromatic N) is 1. The third-order valence-corrected chi connectivity index (χ3v) is 9.17. The molecule has 0 saturated carbocycles. The summed E-state index contributed by atoms with van der Waals surface area (Å²) >= 11 is 0. The number of nitrogens with two attached hydrogens (primary N) is 1. The lowest BCUT2D eigenvalue weighted by Gasteiger charge is -2.35. The van der Waals surface area contributed by atoms with Crippen LogP contribution in [-0.4, -0.2) is 97.2 Å². The van der Waals surface area contributed by atoms with Crippen molar-refractivity contribution in [1.29, 1.82) is 0 Å². The van der Waals surface area contributed by atoms with Crippen LogP contribution in [0.3, 0.4) is 0 Å². The maximum atomic E-state index is 14.1. The highest BCUT2D eigenvalue weighted by molar-refractivity contribution is 5.94. The Morgan fingerprint density at radius 2 is 1.53 bits per heavy atom. The fourth-order valence-electron chi connectivity index (χ4n) is 6.44. The average Bonchev–Trinajstić information content (AvgIpc) is 3.49. The first kappa shape index (κ1) is 39.2. The van der Waals surface area contributed by atoms with E-state index in [9.17, 15) is 28.8 Å². The lowest BCUT2D eigenvalue weighted by molar-refractivity contribution is -0.144. The van der Waals surface area contributed by atoms with Crippen molar-refractivity contribution in [2.24, 2.45) is 17.1 Å². The molecule has 0 unspecified atom stereocenters. The molecule has 13 heteroatoms. The second-order valence-electron chi connectivity index (χ2n) is 14.6. The van der Waals surface area contributed by atoms with Crippen molar-refractivity contribution >= 4 is 35.3 Å². The van der Waals surface area contributed by atoms with Gasteiger partial charge in [-0.3, -0.25) is 28.8 Å². The lowest BCUT2D eigenvalue weighted by atomic mass is 9.85. The van der Waals surface area contributed by atoms with Gasteiger partial charge in [-0.05, 0) is 40.9 Å². The van der Waals surface area contributed by atoms with Crippen molar-refractivity contribution in [2.45, 2.75) is 84.0 Å².